The molecule has 0 saturated carbocycles. The third kappa shape index (κ3) is 4.26. The van der Waals surface area contributed by atoms with Crippen LogP contribution in [0.25, 0.3) is 0 Å². The van der Waals surface area contributed by atoms with E-state index >= 15 is 0 Å². The van der Waals surface area contributed by atoms with Crippen LogP contribution in [0.5, 0.6) is 5.75 Å². The van der Waals surface area contributed by atoms with E-state index in [1.54, 1.807) is 24.3 Å². The van der Waals surface area contributed by atoms with Gasteiger partial charge in [-0.05, 0) is 52.3 Å². The Balaban J connectivity index is 1.88. The largest absolute Gasteiger partial charge is 0.484 e. The van der Waals surface area contributed by atoms with Gasteiger partial charge < -0.3 is 10.1 Å². The number of anilines is 1. The van der Waals surface area contributed by atoms with E-state index in [0.29, 0.717) is 16.5 Å². The Morgan fingerprint density at radius 2 is 1.84 bits per heavy atom. The molecule has 0 aromatic heterocycles. The number of carbonyl (C=O) groups is 1. The fraction of sp³-hybridized carbons (Fsp3) is 0.0714. The summed E-state index contributed by atoms with van der Waals surface area (Å²) in [6, 6.07) is 14.2. The number of hydrogen-bond donors (Lipinski definition) is 1. The lowest BCUT2D eigenvalue weighted by molar-refractivity contribution is -0.118. The van der Waals surface area contributed by atoms with Gasteiger partial charge in [0.2, 0.25) is 0 Å². The summed E-state index contributed by atoms with van der Waals surface area (Å²) >= 11 is 9.12. The lowest BCUT2D eigenvalue weighted by Crippen LogP contribution is -2.20. The van der Waals surface area contributed by atoms with Crippen molar-refractivity contribution < 1.29 is 9.53 Å². The van der Waals surface area contributed by atoms with Crippen LogP contribution in [0.4, 0.5) is 5.69 Å². The highest BCUT2D eigenvalue weighted by Crippen LogP contribution is 2.21. The second kappa shape index (κ2) is 6.59. The molecule has 0 atom stereocenters. The highest BCUT2D eigenvalue weighted by atomic mass is 79.9. The van der Waals surface area contributed by atoms with E-state index in [1.807, 2.05) is 24.3 Å². The zero-order valence-electron chi connectivity index (χ0n) is 9.90. The summed E-state index contributed by atoms with van der Waals surface area (Å²) in [4.78, 5) is 11.7. The molecular weight excluding hydrogens is 330 g/mol. The lowest BCUT2D eigenvalue weighted by atomic mass is 10.3. The Morgan fingerprint density at radius 1 is 1.16 bits per heavy atom. The average Bonchev–Trinajstić information content (AvgIpc) is 2.41. The maximum Gasteiger partial charge on any atom is 0.262 e. The topological polar surface area (TPSA) is 38.3 Å². The van der Waals surface area contributed by atoms with Gasteiger partial charge in [-0.25, -0.2) is 0 Å². The number of carbonyl (C=O) groups excluding carboxylic acids is 1. The summed E-state index contributed by atoms with van der Waals surface area (Å²) in [5.74, 6) is 0.383. The average molecular weight is 341 g/mol. The zero-order chi connectivity index (χ0) is 13.7. The fourth-order valence-electron chi connectivity index (χ4n) is 1.43. The smallest absolute Gasteiger partial charge is 0.262 e. The number of nitrogens with one attached hydrogen (secondary N) is 1. The second-order valence-electron chi connectivity index (χ2n) is 3.77. The molecule has 0 bridgehead atoms. The van der Waals surface area contributed by atoms with Crippen molar-refractivity contribution >= 4 is 39.1 Å². The van der Waals surface area contributed by atoms with Gasteiger partial charge in [-0.1, -0.05) is 23.7 Å². The minimum atomic E-state index is -0.221. The van der Waals surface area contributed by atoms with E-state index < -0.39 is 0 Å². The van der Waals surface area contributed by atoms with Crippen molar-refractivity contribution in [3.05, 3.63) is 58.0 Å². The van der Waals surface area contributed by atoms with Gasteiger partial charge in [0.15, 0.2) is 6.61 Å². The van der Waals surface area contributed by atoms with E-state index in [-0.39, 0.29) is 12.5 Å². The Hall–Kier alpha value is -1.52. The van der Waals surface area contributed by atoms with Crippen LogP contribution < -0.4 is 10.1 Å². The fourth-order valence-corrected chi connectivity index (χ4v) is 1.94. The maximum absolute atomic E-state index is 11.7. The molecule has 2 rings (SSSR count). The van der Waals surface area contributed by atoms with Crippen LogP contribution in [-0.4, -0.2) is 12.5 Å². The Labute approximate surface area is 124 Å². The third-order valence-corrected chi connectivity index (χ3v) is 3.27. The van der Waals surface area contributed by atoms with Gasteiger partial charge in [0.25, 0.3) is 5.91 Å². The maximum atomic E-state index is 11.7. The number of halogens is 2. The van der Waals surface area contributed by atoms with Gasteiger partial charge in [-0.3, -0.25) is 4.79 Å². The molecule has 1 N–H and O–H groups in total. The number of rotatable bonds is 4. The predicted octanol–water partition coefficient (Wildman–Crippen LogP) is 4.12. The van der Waals surface area contributed by atoms with E-state index in [2.05, 4.69) is 21.2 Å². The van der Waals surface area contributed by atoms with E-state index in [4.69, 9.17) is 16.3 Å². The Morgan fingerprint density at radius 3 is 2.53 bits per heavy atom. The zero-order valence-corrected chi connectivity index (χ0v) is 12.2. The van der Waals surface area contributed by atoms with Gasteiger partial charge in [0, 0.05) is 9.50 Å². The Kier molecular flexibility index (Phi) is 4.82. The molecule has 0 fully saturated rings. The molecule has 0 aliphatic heterocycles. The second-order valence-corrected chi connectivity index (χ2v) is 5.06. The first-order chi connectivity index (χ1) is 9.15. The van der Waals surface area contributed by atoms with Crippen LogP contribution in [0, 0.1) is 0 Å². The molecule has 0 unspecified atom stereocenters. The molecule has 2 aromatic carbocycles. The van der Waals surface area contributed by atoms with Crippen LogP contribution in [0.15, 0.2) is 53.0 Å². The van der Waals surface area contributed by atoms with Crippen LogP contribution in [0.3, 0.4) is 0 Å². The summed E-state index contributed by atoms with van der Waals surface area (Å²) in [7, 11) is 0. The molecule has 98 valence electrons. The molecule has 0 saturated heterocycles. The van der Waals surface area contributed by atoms with Gasteiger partial charge in [-0.15, -0.1) is 0 Å². The standard InChI is InChI=1S/C14H11BrClNO2/c15-12-3-1-2-4-13(12)17-14(18)9-19-11-7-5-10(16)6-8-11/h1-8H,9H2,(H,17,18). The molecule has 0 heterocycles. The quantitative estimate of drug-likeness (QED) is 0.909. The molecule has 3 nitrogen and oxygen atoms in total. The first-order valence-corrected chi connectivity index (χ1v) is 6.75. The molecule has 2 aromatic rings. The molecule has 0 aliphatic carbocycles. The summed E-state index contributed by atoms with van der Waals surface area (Å²) in [5, 5.41) is 3.38. The van der Waals surface area contributed by atoms with Crippen LogP contribution >= 0.6 is 27.5 Å². The van der Waals surface area contributed by atoms with Crippen molar-refractivity contribution in [2.75, 3.05) is 11.9 Å². The highest BCUT2D eigenvalue weighted by molar-refractivity contribution is 9.10. The van der Waals surface area contributed by atoms with Crippen molar-refractivity contribution in [3.8, 4) is 5.75 Å². The Bertz CT molecular complexity index is 572. The molecule has 1 amide bonds. The predicted molar refractivity (Wildman–Crippen MR) is 79.7 cm³/mol. The number of amides is 1. The molecule has 5 heteroatoms. The first-order valence-electron chi connectivity index (χ1n) is 5.58. The summed E-state index contributed by atoms with van der Waals surface area (Å²) < 4.78 is 6.18. The highest BCUT2D eigenvalue weighted by Gasteiger charge is 2.05. The van der Waals surface area contributed by atoms with Crippen molar-refractivity contribution in [3.63, 3.8) is 0 Å². The molecular formula is C14H11BrClNO2. The number of ether oxygens (including phenoxy) is 1. The van der Waals surface area contributed by atoms with Crippen LogP contribution in [0.1, 0.15) is 0 Å². The van der Waals surface area contributed by atoms with Crippen molar-refractivity contribution in [2.45, 2.75) is 0 Å². The number of benzene rings is 2. The summed E-state index contributed by atoms with van der Waals surface area (Å²) in [6.45, 7) is -0.0526. The van der Waals surface area contributed by atoms with Crippen LogP contribution in [-0.2, 0) is 4.79 Å². The number of para-hydroxylation sites is 1. The van der Waals surface area contributed by atoms with Gasteiger partial charge in [-0.2, -0.15) is 0 Å². The molecule has 0 spiro atoms. The van der Waals surface area contributed by atoms with E-state index in [1.165, 1.54) is 0 Å². The van der Waals surface area contributed by atoms with E-state index in [9.17, 15) is 4.79 Å². The lowest BCUT2D eigenvalue weighted by Gasteiger charge is -2.08. The third-order valence-electron chi connectivity index (χ3n) is 2.33. The van der Waals surface area contributed by atoms with Crippen LogP contribution in [0.2, 0.25) is 5.02 Å². The van der Waals surface area contributed by atoms with Gasteiger partial charge >= 0.3 is 0 Å². The summed E-state index contributed by atoms with van der Waals surface area (Å²) in [6.07, 6.45) is 0. The summed E-state index contributed by atoms with van der Waals surface area (Å²) in [5.41, 5.74) is 0.715. The number of hydrogen-bond acceptors (Lipinski definition) is 2. The molecule has 19 heavy (non-hydrogen) atoms. The van der Waals surface area contributed by atoms with Gasteiger partial charge in [0.05, 0.1) is 5.69 Å². The first kappa shape index (κ1) is 13.9. The van der Waals surface area contributed by atoms with Crippen molar-refractivity contribution in [2.24, 2.45) is 0 Å². The monoisotopic (exact) mass is 339 g/mol. The minimum absolute atomic E-state index is 0.0526. The molecule has 0 radical (unpaired) electrons. The van der Waals surface area contributed by atoms with E-state index in [0.717, 1.165) is 4.47 Å². The SMILES string of the molecule is O=C(COc1ccc(Cl)cc1)Nc1ccccc1Br. The van der Waals surface area contributed by atoms with Crippen molar-refractivity contribution in [1.82, 2.24) is 0 Å². The molecule has 0 aliphatic rings. The minimum Gasteiger partial charge on any atom is -0.484 e. The normalized spacial score (nSPS) is 10.0. The van der Waals surface area contributed by atoms with Gasteiger partial charge in [0.1, 0.15) is 5.75 Å². The van der Waals surface area contributed by atoms with Crippen molar-refractivity contribution in [1.29, 1.82) is 0 Å².